The number of aromatic nitrogens is 4. The van der Waals surface area contributed by atoms with Gasteiger partial charge < -0.3 is 4.74 Å². The largest absolute Gasteiger partial charge is 0.468 e. The highest BCUT2D eigenvalue weighted by molar-refractivity contribution is 9.10. The van der Waals surface area contributed by atoms with Crippen molar-refractivity contribution in [3.05, 3.63) is 28.7 Å². The maximum absolute atomic E-state index is 11.4. The van der Waals surface area contributed by atoms with Crippen LogP contribution in [0.5, 0.6) is 0 Å². The van der Waals surface area contributed by atoms with Gasteiger partial charge in [0, 0.05) is 4.47 Å². The van der Waals surface area contributed by atoms with Crippen LogP contribution in [-0.4, -0.2) is 38.5 Å². The smallest absolute Gasteiger partial charge is 0.318 e. The maximum Gasteiger partial charge on any atom is 0.318 e. The van der Waals surface area contributed by atoms with Gasteiger partial charge in [-0.05, 0) is 41.6 Å². The lowest BCUT2D eigenvalue weighted by Gasteiger charge is -2.08. The molecule has 0 fully saturated rings. The van der Waals surface area contributed by atoms with Crippen LogP contribution in [-0.2, 0) is 9.53 Å². The van der Waals surface area contributed by atoms with Gasteiger partial charge in [-0.3, -0.25) is 4.79 Å². The normalized spacial score (nSPS) is 12.2. The third-order valence-electron chi connectivity index (χ3n) is 2.33. The minimum absolute atomic E-state index is 0.310. The number of methoxy groups -OCH3 is 1. The molecule has 100 valence electrons. The lowest BCUT2D eigenvalue weighted by molar-refractivity contribution is -0.139. The van der Waals surface area contributed by atoms with E-state index in [-0.39, 0.29) is 11.2 Å². The van der Waals surface area contributed by atoms with Crippen molar-refractivity contribution >= 4 is 33.7 Å². The Morgan fingerprint density at radius 2 is 2.11 bits per heavy atom. The summed E-state index contributed by atoms with van der Waals surface area (Å²) in [5.74, 6) is -0.310. The van der Waals surface area contributed by atoms with Gasteiger partial charge in [0.2, 0.25) is 5.16 Å². The van der Waals surface area contributed by atoms with Gasteiger partial charge >= 0.3 is 5.97 Å². The van der Waals surface area contributed by atoms with Crippen LogP contribution in [0.1, 0.15) is 6.92 Å². The standard InChI is InChI=1S/C11H11BrN4O2S/c1-7(10(17)18-2)19-11-13-14-15-16(11)9-5-3-8(12)4-6-9/h3-7H,1-2H3. The number of carbonyl (C=O) groups is 1. The molecule has 0 spiro atoms. The third-order valence-corrected chi connectivity index (χ3v) is 3.87. The molecule has 0 radical (unpaired) electrons. The van der Waals surface area contributed by atoms with Crippen LogP contribution in [0, 0.1) is 0 Å². The highest BCUT2D eigenvalue weighted by Crippen LogP contribution is 2.24. The first-order valence-electron chi connectivity index (χ1n) is 5.40. The molecule has 2 rings (SSSR count). The predicted octanol–water partition coefficient (Wildman–Crippen LogP) is 2.08. The minimum atomic E-state index is -0.370. The number of thioether (sulfide) groups is 1. The fourth-order valence-corrected chi connectivity index (χ4v) is 2.47. The zero-order valence-corrected chi connectivity index (χ0v) is 12.7. The second-order valence-electron chi connectivity index (χ2n) is 3.63. The Labute approximate surface area is 122 Å². The molecule has 0 aliphatic heterocycles. The summed E-state index contributed by atoms with van der Waals surface area (Å²) in [6.45, 7) is 1.75. The van der Waals surface area contributed by atoms with E-state index in [1.807, 2.05) is 24.3 Å². The number of tetrazole rings is 1. The number of hydrogen-bond donors (Lipinski definition) is 0. The summed E-state index contributed by atoms with van der Waals surface area (Å²) in [6, 6.07) is 7.56. The Morgan fingerprint density at radius 3 is 2.74 bits per heavy atom. The van der Waals surface area contributed by atoms with E-state index in [9.17, 15) is 4.79 Å². The van der Waals surface area contributed by atoms with E-state index >= 15 is 0 Å². The summed E-state index contributed by atoms with van der Waals surface area (Å²) in [5, 5.41) is 11.6. The first-order valence-corrected chi connectivity index (χ1v) is 7.08. The molecule has 8 heteroatoms. The van der Waals surface area contributed by atoms with Gasteiger partial charge in [-0.25, -0.2) is 0 Å². The van der Waals surface area contributed by atoms with E-state index in [1.165, 1.54) is 18.9 Å². The quantitative estimate of drug-likeness (QED) is 0.625. The van der Waals surface area contributed by atoms with Crippen molar-refractivity contribution in [1.29, 1.82) is 0 Å². The fourth-order valence-electron chi connectivity index (χ4n) is 1.37. The van der Waals surface area contributed by atoms with E-state index in [0.29, 0.717) is 5.16 Å². The van der Waals surface area contributed by atoms with Gasteiger partial charge in [0.05, 0.1) is 12.8 Å². The summed E-state index contributed by atoms with van der Waals surface area (Å²) in [7, 11) is 1.36. The van der Waals surface area contributed by atoms with Crippen LogP contribution >= 0.6 is 27.7 Å². The highest BCUT2D eigenvalue weighted by atomic mass is 79.9. The van der Waals surface area contributed by atoms with Crippen molar-refractivity contribution in [1.82, 2.24) is 20.2 Å². The number of halogens is 1. The van der Waals surface area contributed by atoms with Crippen molar-refractivity contribution < 1.29 is 9.53 Å². The molecule has 19 heavy (non-hydrogen) atoms. The second-order valence-corrected chi connectivity index (χ2v) is 5.86. The number of hydrogen-bond acceptors (Lipinski definition) is 6. The van der Waals surface area contributed by atoms with Crippen molar-refractivity contribution in [2.75, 3.05) is 7.11 Å². The Hall–Kier alpha value is -1.41. The summed E-state index contributed by atoms with van der Waals surface area (Å²) in [4.78, 5) is 11.4. The monoisotopic (exact) mass is 342 g/mol. The van der Waals surface area contributed by atoms with Crippen LogP contribution in [0.25, 0.3) is 5.69 Å². The van der Waals surface area contributed by atoms with Gasteiger partial charge in [0.1, 0.15) is 5.25 Å². The number of nitrogens with zero attached hydrogens (tertiary/aromatic N) is 4. The van der Waals surface area contributed by atoms with E-state index in [2.05, 4.69) is 36.2 Å². The Balaban J connectivity index is 2.22. The van der Waals surface area contributed by atoms with Crippen molar-refractivity contribution in [2.45, 2.75) is 17.3 Å². The molecule has 0 saturated carbocycles. The summed E-state index contributed by atoms with van der Waals surface area (Å²) >= 11 is 4.62. The van der Waals surface area contributed by atoms with Crippen molar-refractivity contribution in [3.8, 4) is 5.69 Å². The Bertz CT molecular complexity index is 572. The van der Waals surface area contributed by atoms with Gasteiger partial charge in [0.25, 0.3) is 0 Å². The lowest BCUT2D eigenvalue weighted by Crippen LogP contribution is -2.15. The average molecular weight is 343 g/mol. The minimum Gasteiger partial charge on any atom is -0.468 e. The SMILES string of the molecule is COC(=O)C(C)Sc1nnnn1-c1ccc(Br)cc1. The van der Waals surface area contributed by atoms with E-state index < -0.39 is 0 Å². The van der Waals surface area contributed by atoms with Crippen LogP contribution in [0.3, 0.4) is 0 Å². The molecule has 1 heterocycles. The molecule has 1 aromatic carbocycles. The molecule has 0 bridgehead atoms. The zero-order valence-electron chi connectivity index (χ0n) is 10.3. The molecule has 6 nitrogen and oxygen atoms in total. The summed E-state index contributed by atoms with van der Waals surface area (Å²) in [6.07, 6.45) is 0. The van der Waals surface area contributed by atoms with Gasteiger partial charge in [-0.1, -0.05) is 27.7 Å². The fraction of sp³-hybridized carbons (Fsp3) is 0.273. The summed E-state index contributed by atoms with van der Waals surface area (Å²) < 4.78 is 7.23. The van der Waals surface area contributed by atoms with E-state index in [0.717, 1.165) is 10.2 Å². The molecule has 0 amide bonds. The van der Waals surface area contributed by atoms with Crippen molar-refractivity contribution in [2.24, 2.45) is 0 Å². The molecular formula is C11H11BrN4O2S. The van der Waals surface area contributed by atoms with Gasteiger partial charge in [-0.15, -0.1) is 5.10 Å². The topological polar surface area (TPSA) is 69.9 Å². The number of ether oxygens (including phenoxy) is 1. The van der Waals surface area contributed by atoms with Gasteiger partial charge in [0.15, 0.2) is 0 Å². The number of esters is 1. The molecule has 0 saturated heterocycles. The number of rotatable bonds is 4. The second kappa shape index (κ2) is 6.16. The first kappa shape index (κ1) is 14.0. The zero-order chi connectivity index (χ0) is 13.8. The number of benzene rings is 1. The molecule has 0 aliphatic carbocycles. The average Bonchev–Trinajstić information content (AvgIpc) is 2.86. The van der Waals surface area contributed by atoms with E-state index in [1.54, 1.807) is 11.6 Å². The molecule has 1 unspecified atom stereocenters. The highest BCUT2D eigenvalue weighted by Gasteiger charge is 2.19. The molecule has 1 aromatic heterocycles. The Kier molecular flexibility index (Phi) is 4.54. The molecule has 2 aromatic rings. The van der Waals surface area contributed by atoms with E-state index in [4.69, 9.17) is 0 Å². The third kappa shape index (κ3) is 3.32. The predicted molar refractivity (Wildman–Crippen MR) is 74.2 cm³/mol. The van der Waals surface area contributed by atoms with Crippen molar-refractivity contribution in [3.63, 3.8) is 0 Å². The molecule has 1 atom stereocenters. The summed E-state index contributed by atoms with van der Waals surface area (Å²) in [5.41, 5.74) is 0.827. The number of carbonyl (C=O) groups excluding carboxylic acids is 1. The molecule has 0 aliphatic rings. The van der Waals surface area contributed by atoms with Crippen LogP contribution in [0.4, 0.5) is 0 Å². The van der Waals surface area contributed by atoms with Crippen LogP contribution in [0.2, 0.25) is 0 Å². The lowest BCUT2D eigenvalue weighted by atomic mass is 10.3. The molecular weight excluding hydrogens is 332 g/mol. The van der Waals surface area contributed by atoms with Crippen LogP contribution in [0.15, 0.2) is 33.9 Å². The first-order chi connectivity index (χ1) is 9.11. The Morgan fingerprint density at radius 1 is 1.42 bits per heavy atom. The molecule has 0 N–H and O–H groups in total. The maximum atomic E-state index is 11.4. The van der Waals surface area contributed by atoms with Gasteiger partial charge in [-0.2, -0.15) is 4.68 Å². The van der Waals surface area contributed by atoms with Crippen LogP contribution < -0.4 is 0 Å².